The lowest BCUT2D eigenvalue weighted by Crippen LogP contribution is -2.48. The molecule has 1 saturated heterocycles. The van der Waals surface area contributed by atoms with Crippen LogP contribution in [0.5, 0.6) is 0 Å². The van der Waals surface area contributed by atoms with Crippen LogP contribution in [0.2, 0.25) is 0 Å². The third kappa shape index (κ3) is 2.48. The van der Waals surface area contributed by atoms with Gasteiger partial charge in [0.2, 0.25) is 11.8 Å². The van der Waals surface area contributed by atoms with Crippen LogP contribution in [-0.4, -0.2) is 24.4 Å². The Hall–Kier alpha value is -2.62. The second-order valence-electron chi connectivity index (χ2n) is 6.38. The predicted molar refractivity (Wildman–Crippen MR) is 94.1 cm³/mol. The summed E-state index contributed by atoms with van der Waals surface area (Å²) < 4.78 is 0. The van der Waals surface area contributed by atoms with Gasteiger partial charge in [-0.1, -0.05) is 36.4 Å². The van der Waals surface area contributed by atoms with Gasteiger partial charge in [0.25, 0.3) is 0 Å². The highest BCUT2D eigenvalue weighted by atomic mass is 16.2. The Bertz CT molecular complexity index is 772. The predicted octanol–water partition coefficient (Wildman–Crippen LogP) is 3.16. The van der Waals surface area contributed by atoms with E-state index in [1.807, 2.05) is 53.4 Å². The summed E-state index contributed by atoms with van der Waals surface area (Å²) in [5, 5.41) is 0. The Balaban J connectivity index is 1.66. The molecule has 4 nitrogen and oxygen atoms in total. The molecule has 122 valence electrons. The quantitative estimate of drug-likeness (QED) is 0.853. The summed E-state index contributed by atoms with van der Waals surface area (Å²) in [4.78, 5) is 29.2. The maximum absolute atomic E-state index is 13.2. The second-order valence-corrected chi connectivity index (χ2v) is 6.38. The molecule has 2 heterocycles. The van der Waals surface area contributed by atoms with E-state index in [1.54, 1.807) is 4.90 Å². The van der Waals surface area contributed by atoms with Crippen molar-refractivity contribution >= 4 is 23.2 Å². The number of carbonyl (C=O) groups excluding carboxylic acids is 2. The summed E-state index contributed by atoms with van der Waals surface area (Å²) in [7, 11) is 0. The van der Waals surface area contributed by atoms with Gasteiger partial charge in [0.05, 0.1) is 0 Å². The molecule has 0 bridgehead atoms. The number of anilines is 2. The van der Waals surface area contributed by atoms with Crippen molar-refractivity contribution in [3.63, 3.8) is 0 Å². The summed E-state index contributed by atoms with van der Waals surface area (Å²) in [6, 6.07) is 17.2. The zero-order valence-electron chi connectivity index (χ0n) is 13.5. The van der Waals surface area contributed by atoms with Crippen molar-refractivity contribution in [2.45, 2.75) is 31.7 Å². The number of benzene rings is 2. The molecule has 0 aromatic heterocycles. The SMILES string of the molecule is O=C(C1CCC(=O)N1c1ccccc1)N1CCCc2ccccc21. The number of nitrogens with zero attached hydrogens (tertiary/aromatic N) is 2. The molecule has 4 rings (SSSR count). The zero-order chi connectivity index (χ0) is 16.5. The fraction of sp³-hybridized carbons (Fsp3) is 0.300. The molecular weight excluding hydrogens is 300 g/mol. The van der Waals surface area contributed by atoms with E-state index >= 15 is 0 Å². The third-order valence-electron chi connectivity index (χ3n) is 4.91. The van der Waals surface area contributed by atoms with Crippen molar-refractivity contribution in [3.05, 3.63) is 60.2 Å². The lowest BCUT2D eigenvalue weighted by Gasteiger charge is -2.34. The molecule has 1 fully saturated rings. The molecule has 2 aliphatic heterocycles. The van der Waals surface area contributed by atoms with E-state index in [1.165, 1.54) is 5.56 Å². The molecule has 0 saturated carbocycles. The maximum atomic E-state index is 13.2. The zero-order valence-corrected chi connectivity index (χ0v) is 13.5. The van der Waals surface area contributed by atoms with Crippen molar-refractivity contribution in [1.29, 1.82) is 0 Å². The number of rotatable bonds is 2. The average molecular weight is 320 g/mol. The smallest absolute Gasteiger partial charge is 0.250 e. The Kier molecular flexibility index (Phi) is 3.81. The Labute approximate surface area is 141 Å². The van der Waals surface area contributed by atoms with Crippen LogP contribution in [0.4, 0.5) is 11.4 Å². The van der Waals surface area contributed by atoms with Gasteiger partial charge in [-0.25, -0.2) is 0 Å². The molecule has 0 spiro atoms. The van der Waals surface area contributed by atoms with Crippen LogP contribution in [0.1, 0.15) is 24.8 Å². The molecule has 0 aliphatic carbocycles. The van der Waals surface area contributed by atoms with Gasteiger partial charge in [-0.3, -0.25) is 14.5 Å². The van der Waals surface area contributed by atoms with E-state index in [2.05, 4.69) is 6.07 Å². The standard InChI is InChI=1S/C20H20N2O2/c23-19-13-12-18(22(19)16-9-2-1-3-10-16)20(24)21-14-6-8-15-7-4-5-11-17(15)21/h1-5,7,9-11,18H,6,8,12-14H2. The van der Waals surface area contributed by atoms with E-state index in [-0.39, 0.29) is 11.8 Å². The fourth-order valence-electron chi connectivity index (χ4n) is 3.77. The first-order chi connectivity index (χ1) is 11.8. The largest absolute Gasteiger partial charge is 0.310 e. The van der Waals surface area contributed by atoms with Crippen LogP contribution in [-0.2, 0) is 16.0 Å². The number of hydrogen-bond donors (Lipinski definition) is 0. The summed E-state index contributed by atoms with van der Waals surface area (Å²) >= 11 is 0. The van der Waals surface area contributed by atoms with Gasteiger partial charge in [0.1, 0.15) is 6.04 Å². The highest BCUT2D eigenvalue weighted by molar-refractivity contribution is 6.08. The minimum Gasteiger partial charge on any atom is -0.310 e. The van der Waals surface area contributed by atoms with Crippen LogP contribution < -0.4 is 9.80 Å². The minimum absolute atomic E-state index is 0.0323. The van der Waals surface area contributed by atoms with Crippen molar-refractivity contribution in [3.8, 4) is 0 Å². The molecule has 24 heavy (non-hydrogen) atoms. The Morgan fingerprint density at radius 1 is 0.958 bits per heavy atom. The van der Waals surface area contributed by atoms with Crippen LogP contribution in [0.3, 0.4) is 0 Å². The normalized spacial score (nSPS) is 20.2. The first-order valence-electron chi connectivity index (χ1n) is 8.52. The number of fused-ring (bicyclic) bond motifs is 1. The van der Waals surface area contributed by atoms with Gasteiger partial charge < -0.3 is 4.90 Å². The monoisotopic (exact) mass is 320 g/mol. The number of para-hydroxylation sites is 2. The van der Waals surface area contributed by atoms with Crippen LogP contribution >= 0.6 is 0 Å². The molecular formula is C20H20N2O2. The second kappa shape index (κ2) is 6.11. The van der Waals surface area contributed by atoms with Crippen molar-refractivity contribution in [2.24, 2.45) is 0 Å². The molecule has 4 heteroatoms. The number of amides is 2. The van der Waals surface area contributed by atoms with Crippen molar-refractivity contribution < 1.29 is 9.59 Å². The van der Waals surface area contributed by atoms with E-state index in [4.69, 9.17) is 0 Å². The number of aryl methyl sites for hydroxylation is 1. The highest BCUT2D eigenvalue weighted by Crippen LogP contribution is 2.32. The summed E-state index contributed by atoms with van der Waals surface area (Å²) in [6.45, 7) is 0.725. The molecule has 0 radical (unpaired) electrons. The van der Waals surface area contributed by atoms with E-state index < -0.39 is 6.04 Å². The highest BCUT2D eigenvalue weighted by Gasteiger charge is 2.40. The van der Waals surface area contributed by atoms with Gasteiger partial charge in [0, 0.05) is 24.3 Å². The van der Waals surface area contributed by atoms with Gasteiger partial charge in [-0.05, 0) is 43.0 Å². The summed E-state index contributed by atoms with van der Waals surface area (Å²) in [6.07, 6.45) is 2.99. The first-order valence-corrected chi connectivity index (χ1v) is 8.52. The Morgan fingerprint density at radius 2 is 1.71 bits per heavy atom. The third-order valence-corrected chi connectivity index (χ3v) is 4.91. The van der Waals surface area contributed by atoms with Crippen LogP contribution in [0.15, 0.2) is 54.6 Å². The van der Waals surface area contributed by atoms with Gasteiger partial charge >= 0.3 is 0 Å². The summed E-state index contributed by atoms with van der Waals surface area (Å²) in [5.74, 6) is 0.0710. The molecule has 2 aromatic carbocycles. The molecule has 2 amide bonds. The maximum Gasteiger partial charge on any atom is 0.250 e. The molecule has 1 unspecified atom stereocenters. The van der Waals surface area contributed by atoms with E-state index in [0.717, 1.165) is 30.8 Å². The van der Waals surface area contributed by atoms with Crippen molar-refractivity contribution in [1.82, 2.24) is 0 Å². The number of carbonyl (C=O) groups is 2. The lowest BCUT2D eigenvalue weighted by atomic mass is 10.0. The van der Waals surface area contributed by atoms with Crippen LogP contribution in [0.25, 0.3) is 0 Å². The van der Waals surface area contributed by atoms with E-state index in [9.17, 15) is 9.59 Å². The first kappa shape index (κ1) is 14.9. The molecule has 0 N–H and O–H groups in total. The van der Waals surface area contributed by atoms with Crippen LogP contribution in [0, 0.1) is 0 Å². The topological polar surface area (TPSA) is 40.6 Å². The van der Waals surface area contributed by atoms with E-state index in [0.29, 0.717) is 12.8 Å². The van der Waals surface area contributed by atoms with Gasteiger partial charge in [-0.15, -0.1) is 0 Å². The molecule has 1 atom stereocenters. The summed E-state index contributed by atoms with van der Waals surface area (Å²) in [5.41, 5.74) is 3.03. The van der Waals surface area contributed by atoms with Crippen molar-refractivity contribution in [2.75, 3.05) is 16.3 Å². The van der Waals surface area contributed by atoms with Gasteiger partial charge in [0.15, 0.2) is 0 Å². The lowest BCUT2D eigenvalue weighted by molar-refractivity contribution is -0.122. The molecule has 2 aliphatic rings. The fourth-order valence-corrected chi connectivity index (χ4v) is 3.77. The van der Waals surface area contributed by atoms with Gasteiger partial charge in [-0.2, -0.15) is 0 Å². The Morgan fingerprint density at radius 3 is 2.54 bits per heavy atom. The minimum atomic E-state index is -0.397. The average Bonchev–Trinajstić information content (AvgIpc) is 3.03. The number of hydrogen-bond acceptors (Lipinski definition) is 2. The molecule has 2 aromatic rings.